The molecule has 0 aliphatic carbocycles. The van der Waals surface area contributed by atoms with Gasteiger partial charge in [0.1, 0.15) is 33.9 Å². The summed E-state index contributed by atoms with van der Waals surface area (Å²) in [5.41, 5.74) is -1.17. The SMILES string of the molecule is COc1cc(P(C)(C)=O)ccc1Nc1ncc(C(F)(F)F)c(Nc2ccccc2S(=O)(O)(O)C(C)C)n1. The van der Waals surface area contributed by atoms with Gasteiger partial charge in [-0.3, -0.25) is 0 Å². The topological polar surface area (TPSA) is 134 Å². The molecule has 1 heterocycles. The van der Waals surface area contributed by atoms with Crippen LogP contribution in [0.1, 0.15) is 19.4 Å². The van der Waals surface area contributed by atoms with Gasteiger partial charge in [-0.25, -0.2) is 9.19 Å². The molecule has 14 heteroatoms. The smallest absolute Gasteiger partial charge is 0.421 e. The Labute approximate surface area is 212 Å². The Balaban J connectivity index is 2.09. The van der Waals surface area contributed by atoms with Crippen molar-refractivity contribution in [3.05, 3.63) is 54.2 Å². The van der Waals surface area contributed by atoms with E-state index in [0.29, 0.717) is 17.2 Å². The Morgan fingerprint density at radius 1 is 1.05 bits per heavy atom. The van der Waals surface area contributed by atoms with E-state index in [4.69, 9.17) is 4.74 Å². The molecule has 0 amide bonds. The van der Waals surface area contributed by atoms with E-state index in [1.165, 1.54) is 45.2 Å². The summed E-state index contributed by atoms with van der Waals surface area (Å²) >= 11 is 0. The summed E-state index contributed by atoms with van der Waals surface area (Å²) in [6.07, 6.45) is -4.31. The highest BCUT2D eigenvalue weighted by molar-refractivity contribution is 8.10. The van der Waals surface area contributed by atoms with Gasteiger partial charge in [-0.15, -0.1) is 0 Å². The first-order chi connectivity index (χ1) is 16.9. The summed E-state index contributed by atoms with van der Waals surface area (Å²) in [7, 11) is -6.64. The molecule has 37 heavy (non-hydrogen) atoms. The maximum absolute atomic E-state index is 13.8. The number of hydrogen-bond donors (Lipinski definition) is 4. The summed E-state index contributed by atoms with van der Waals surface area (Å²) in [5.74, 6) is -0.693. The molecule has 0 saturated heterocycles. The van der Waals surface area contributed by atoms with Crippen molar-refractivity contribution >= 4 is 45.2 Å². The summed E-state index contributed by atoms with van der Waals surface area (Å²) in [6.45, 7) is 5.80. The highest BCUT2D eigenvalue weighted by Crippen LogP contribution is 2.42. The zero-order valence-electron chi connectivity index (χ0n) is 20.7. The number of ether oxygens (including phenoxy) is 1. The fourth-order valence-corrected chi connectivity index (χ4v) is 5.51. The normalized spacial score (nSPS) is 13.6. The van der Waals surface area contributed by atoms with Gasteiger partial charge in [-0.05, 0) is 57.5 Å². The molecular formula is C23H28F3N4O5PS. The summed E-state index contributed by atoms with van der Waals surface area (Å²) in [4.78, 5) is 7.23. The lowest BCUT2D eigenvalue weighted by molar-refractivity contribution is -0.137. The predicted octanol–water partition coefficient (Wildman–Crippen LogP) is 5.77. The van der Waals surface area contributed by atoms with Crippen LogP contribution in [-0.4, -0.2) is 49.0 Å². The number of para-hydroxylation sites is 1. The summed E-state index contributed by atoms with van der Waals surface area (Å²) in [6, 6.07) is 9.89. The third-order valence-electron chi connectivity index (χ3n) is 5.55. The molecule has 0 fully saturated rings. The quantitative estimate of drug-likeness (QED) is 0.253. The molecule has 3 aromatic rings. The number of halogens is 3. The maximum Gasteiger partial charge on any atom is 0.421 e. The molecule has 1 aromatic heterocycles. The fourth-order valence-electron chi connectivity index (χ4n) is 3.27. The number of nitrogens with one attached hydrogen (secondary N) is 2. The summed E-state index contributed by atoms with van der Waals surface area (Å²) < 4.78 is 93.2. The van der Waals surface area contributed by atoms with Crippen LogP contribution in [-0.2, 0) is 20.4 Å². The molecule has 4 N–H and O–H groups in total. The molecule has 0 unspecified atom stereocenters. The Hall–Kier alpha value is -2.99. The third kappa shape index (κ3) is 6.12. The highest BCUT2D eigenvalue weighted by atomic mass is 32.3. The van der Waals surface area contributed by atoms with Gasteiger partial charge in [0.2, 0.25) is 5.95 Å². The lowest BCUT2D eigenvalue weighted by Crippen LogP contribution is -2.41. The van der Waals surface area contributed by atoms with Crippen LogP contribution in [0.4, 0.5) is 36.3 Å². The van der Waals surface area contributed by atoms with Crippen LogP contribution in [0.5, 0.6) is 5.75 Å². The van der Waals surface area contributed by atoms with Gasteiger partial charge >= 0.3 is 6.18 Å². The molecule has 0 atom stereocenters. The number of hydrogen-bond acceptors (Lipinski definition) is 7. The van der Waals surface area contributed by atoms with Gasteiger partial charge in [0.05, 0.1) is 28.6 Å². The third-order valence-corrected chi connectivity index (χ3v) is 9.96. The molecule has 0 aliphatic heterocycles. The van der Waals surface area contributed by atoms with Crippen molar-refractivity contribution < 1.29 is 35.8 Å². The van der Waals surface area contributed by atoms with Gasteiger partial charge in [-0.2, -0.15) is 18.2 Å². The van der Waals surface area contributed by atoms with Crippen LogP contribution in [0.25, 0.3) is 0 Å². The van der Waals surface area contributed by atoms with E-state index in [9.17, 15) is 31.1 Å². The Bertz CT molecular complexity index is 1440. The second-order valence-corrected chi connectivity index (χ2v) is 15.3. The number of methoxy groups -OCH3 is 1. The Morgan fingerprint density at radius 3 is 2.27 bits per heavy atom. The molecule has 0 spiro atoms. The van der Waals surface area contributed by atoms with E-state index in [2.05, 4.69) is 20.6 Å². The molecule has 9 nitrogen and oxygen atoms in total. The number of rotatable bonds is 8. The van der Waals surface area contributed by atoms with Gasteiger partial charge in [0.15, 0.2) is 0 Å². The van der Waals surface area contributed by atoms with Crippen molar-refractivity contribution in [3.63, 3.8) is 0 Å². The number of benzene rings is 2. The number of nitrogens with zero attached hydrogens (tertiary/aromatic N) is 2. The molecule has 3 rings (SSSR count). The number of alkyl halides is 3. The first-order valence-corrected chi connectivity index (χ1v) is 15.4. The van der Waals surface area contributed by atoms with Crippen molar-refractivity contribution in [2.75, 3.05) is 31.1 Å². The van der Waals surface area contributed by atoms with Crippen LogP contribution in [0.3, 0.4) is 0 Å². The molecule has 2 aromatic carbocycles. The Kier molecular flexibility index (Phi) is 7.50. The largest absolute Gasteiger partial charge is 0.495 e. The minimum Gasteiger partial charge on any atom is -0.495 e. The van der Waals surface area contributed by atoms with Crippen LogP contribution >= 0.6 is 7.14 Å². The molecule has 0 radical (unpaired) electrons. The summed E-state index contributed by atoms with van der Waals surface area (Å²) in [5, 5.41) is 4.61. The molecule has 202 valence electrons. The number of anilines is 4. The second kappa shape index (κ2) is 9.71. The fraction of sp³-hybridized carbons (Fsp3) is 0.304. The second-order valence-electron chi connectivity index (χ2n) is 8.91. The van der Waals surface area contributed by atoms with Gasteiger partial charge in [0, 0.05) is 11.5 Å². The average molecular weight is 561 g/mol. The molecule has 0 bridgehead atoms. The lowest BCUT2D eigenvalue weighted by atomic mass is 10.2. The minimum absolute atomic E-state index is 0.239. The lowest BCUT2D eigenvalue weighted by Gasteiger charge is -2.36. The molecule has 0 saturated carbocycles. The first-order valence-electron chi connectivity index (χ1n) is 10.9. The maximum atomic E-state index is 13.8. The van der Waals surface area contributed by atoms with Crippen molar-refractivity contribution in [2.45, 2.75) is 30.2 Å². The zero-order valence-corrected chi connectivity index (χ0v) is 22.4. The monoisotopic (exact) mass is 560 g/mol. The molecule has 0 aliphatic rings. The average Bonchev–Trinajstić information content (AvgIpc) is 2.78. The van der Waals surface area contributed by atoms with E-state index >= 15 is 0 Å². The van der Waals surface area contributed by atoms with Crippen molar-refractivity contribution in [2.24, 2.45) is 0 Å². The van der Waals surface area contributed by atoms with Crippen molar-refractivity contribution in [3.8, 4) is 5.75 Å². The van der Waals surface area contributed by atoms with Gasteiger partial charge in [-0.1, -0.05) is 12.1 Å². The molecular weight excluding hydrogens is 532 g/mol. The van der Waals surface area contributed by atoms with Crippen molar-refractivity contribution in [1.82, 2.24) is 9.97 Å². The van der Waals surface area contributed by atoms with Crippen molar-refractivity contribution in [1.29, 1.82) is 0 Å². The van der Waals surface area contributed by atoms with E-state index in [1.807, 2.05) is 0 Å². The minimum atomic E-state index is -5.42. The van der Waals surface area contributed by atoms with Crippen LogP contribution in [0, 0.1) is 0 Å². The Morgan fingerprint density at radius 2 is 1.70 bits per heavy atom. The van der Waals surface area contributed by atoms with E-state index in [0.717, 1.165) is 6.07 Å². The van der Waals surface area contributed by atoms with Gasteiger partial charge in [0.25, 0.3) is 0 Å². The standard InChI is InChI=1S/C23H28F3N4O5PS/c1-14(2)37(32,33,34)20-9-7-6-8-18(20)28-21-16(23(24,25)26)13-27-22(30-21)29-17-11-10-15(36(4,5)31)12-19(17)35-3/h6-14H,1-5H3,(H2,32,33,34)(H2,27,28,29,30). The highest BCUT2D eigenvalue weighted by Gasteiger charge is 2.40. The van der Waals surface area contributed by atoms with E-state index in [-0.39, 0.29) is 17.4 Å². The van der Waals surface area contributed by atoms with E-state index in [1.54, 1.807) is 25.5 Å². The number of aromatic nitrogens is 2. The van der Waals surface area contributed by atoms with Crippen LogP contribution in [0.2, 0.25) is 0 Å². The zero-order chi connectivity index (χ0) is 27.8. The van der Waals surface area contributed by atoms with Crippen LogP contribution in [0.15, 0.2) is 53.6 Å². The van der Waals surface area contributed by atoms with Gasteiger partial charge < -0.3 is 29.0 Å². The van der Waals surface area contributed by atoms with E-state index < -0.39 is 44.5 Å². The predicted molar refractivity (Wildman–Crippen MR) is 139 cm³/mol. The first kappa shape index (κ1) is 28.6. The van der Waals surface area contributed by atoms with Crippen LogP contribution < -0.4 is 20.7 Å².